The minimum atomic E-state index is -0.222. The maximum atomic E-state index is 6.16. The van der Waals surface area contributed by atoms with Gasteiger partial charge in [0.1, 0.15) is 11.4 Å². The number of aryl methyl sites for hydroxylation is 1. The number of piperidine rings is 1. The summed E-state index contributed by atoms with van der Waals surface area (Å²) in [5.74, 6) is 2.46. The summed E-state index contributed by atoms with van der Waals surface area (Å²) in [5, 5.41) is 6.94. The molecule has 2 N–H and O–H groups in total. The van der Waals surface area contributed by atoms with Crippen LogP contribution < -0.4 is 15.4 Å². The van der Waals surface area contributed by atoms with Crippen LogP contribution in [0.25, 0.3) is 0 Å². The van der Waals surface area contributed by atoms with E-state index >= 15 is 0 Å². The van der Waals surface area contributed by atoms with Crippen molar-refractivity contribution in [3.8, 4) is 5.75 Å². The Balaban J connectivity index is 1.81. The second-order valence-corrected chi connectivity index (χ2v) is 8.91. The Morgan fingerprint density at radius 1 is 1.21 bits per heavy atom. The Morgan fingerprint density at radius 2 is 1.93 bits per heavy atom. The summed E-state index contributed by atoms with van der Waals surface area (Å²) < 4.78 is 11.3. The van der Waals surface area contributed by atoms with Gasteiger partial charge in [-0.25, -0.2) is 0 Å². The van der Waals surface area contributed by atoms with Crippen LogP contribution in [-0.4, -0.2) is 63.4 Å². The molecule has 6 nitrogen and oxygen atoms in total. The highest BCUT2D eigenvalue weighted by molar-refractivity contribution is 5.79. The van der Waals surface area contributed by atoms with E-state index in [2.05, 4.69) is 66.4 Å². The Bertz CT molecular complexity index is 647. The van der Waals surface area contributed by atoms with Crippen molar-refractivity contribution in [2.45, 2.75) is 52.7 Å². The molecule has 0 spiro atoms. The van der Waals surface area contributed by atoms with Crippen LogP contribution in [0.4, 0.5) is 0 Å². The lowest BCUT2D eigenvalue weighted by molar-refractivity contribution is 0.121. The Hall–Kier alpha value is -1.79. The maximum absolute atomic E-state index is 6.16. The van der Waals surface area contributed by atoms with E-state index in [-0.39, 0.29) is 5.60 Å². The average Bonchev–Trinajstić information content (AvgIpc) is 2.67. The van der Waals surface area contributed by atoms with Gasteiger partial charge in [0.15, 0.2) is 5.96 Å². The highest BCUT2D eigenvalue weighted by Crippen LogP contribution is 2.24. The molecule has 1 aromatic carbocycles. The molecule has 0 bridgehead atoms. The van der Waals surface area contributed by atoms with Crippen LogP contribution in [0.5, 0.6) is 5.75 Å². The predicted molar refractivity (Wildman–Crippen MR) is 121 cm³/mol. The summed E-state index contributed by atoms with van der Waals surface area (Å²) in [6, 6.07) is 6.36. The minimum absolute atomic E-state index is 0.222. The number of ether oxygens (including phenoxy) is 2. The molecule has 0 aromatic heterocycles. The summed E-state index contributed by atoms with van der Waals surface area (Å²) in [7, 11) is 3.59. The molecule has 0 amide bonds. The van der Waals surface area contributed by atoms with Crippen molar-refractivity contribution in [1.29, 1.82) is 0 Å². The van der Waals surface area contributed by atoms with E-state index in [0.717, 1.165) is 50.1 Å². The van der Waals surface area contributed by atoms with Gasteiger partial charge in [-0.2, -0.15) is 0 Å². The molecule has 0 radical (unpaired) electrons. The third-order valence-electron chi connectivity index (χ3n) is 5.19. The van der Waals surface area contributed by atoms with Crippen molar-refractivity contribution in [3.63, 3.8) is 0 Å². The summed E-state index contributed by atoms with van der Waals surface area (Å²) in [6.45, 7) is 14.1. The highest BCUT2D eigenvalue weighted by Gasteiger charge is 2.19. The quantitative estimate of drug-likeness (QED) is 0.515. The lowest BCUT2D eigenvalue weighted by Gasteiger charge is -2.32. The van der Waals surface area contributed by atoms with E-state index in [1.807, 2.05) is 7.05 Å². The first-order valence-electron chi connectivity index (χ1n) is 10.7. The van der Waals surface area contributed by atoms with Crippen molar-refractivity contribution < 1.29 is 9.47 Å². The molecule has 2 rings (SSSR count). The monoisotopic (exact) mass is 404 g/mol. The molecule has 6 heteroatoms. The summed E-state index contributed by atoms with van der Waals surface area (Å²) in [6.07, 6.45) is 2.44. The SMILES string of the molecule is CN=C(NCc1ccc(C)cc1OC(C)(C)C)NCC1CCN(CCOC)CC1. The summed E-state index contributed by atoms with van der Waals surface area (Å²) >= 11 is 0. The van der Waals surface area contributed by atoms with Gasteiger partial charge < -0.3 is 25.0 Å². The minimum Gasteiger partial charge on any atom is -0.488 e. The number of nitrogens with zero attached hydrogens (tertiary/aromatic N) is 2. The number of likely N-dealkylation sites (tertiary alicyclic amines) is 1. The largest absolute Gasteiger partial charge is 0.488 e. The third-order valence-corrected chi connectivity index (χ3v) is 5.19. The lowest BCUT2D eigenvalue weighted by atomic mass is 9.97. The number of aliphatic imine (C=N–C) groups is 1. The summed E-state index contributed by atoms with van der Waals surface area (Å²) in [5.41, 5.74) is 2.12. The van der Waals surface area contributed by atoms with Gasteiger partial charge in [-0.1, -0.05) is 12.1 Å². The maximum Gasteiger partial charge on any atom is 0.191 e. The van der Waals surface area contributed by atoms with E-state index in [0.29, 0.717) is 12.5 Å². The summed E-state index contributed by atoms with van der Waals surface area (Å²) in [4.78, 5) is 6.88. The van der Waals surface area contributed by atoms with Crippen molar-refractivity contribution in [2.75, 3.05) is 46.9 Å². The van der Waals surface area contributed by atoms with Gasteiger partial charge >= 0.3 is 0 Å². The third kappa shape index (κ3) is 8.62. The Kier molecular flexibility index (Phi) is 9.24. The van der Waals surface area contributed by atoms with Crippen LogP contribution >= 0.6 is 0 Å². The molecule has 0 unspecified atom stereocenters. The molecule has 0 atom stereocenters. The van der Waals surface area contributed by atoms with Gasteiger partial charge in [-0.05, 0) is 71.2 Å². The molecule has 1 aromatic rings. The van der Waals surface area contributed by atoms with E-state index in [9.17, 15) is 0 Å². The molecule has 1 aliphatic heterocycles. The number of hydrogen-bond donors (Lipinski definition) is 2. The van der Waals surface area contributed by atoms with Crippen molar-refractivity contribution in [1.82, 2.24) is 15.5 Å². The second kappa shape index (κ2) is 11.4. The van der Waals surface area contributed by atoms with Crippen LogP contribution in [0.3, 0.4) is 0 Å². The molecule has 1 heterocycles. The smallest absolute Gasteiger partial charge is 0.191 e. The Morgan fingerprint density at radius 3 is 2.55 bits per heavy atom. The van der Waals surface area contributed by atoms with Crippen LogP contribution in [0, 0.1) is 12.8 Å². The molecule has 164 valence electrons. The van der Waals surface area contributed by atoms with Crippen molar-refractivity contribution in [2.24, 2.45) is 10.9 Å². The number of nitrogens with one attached hydrogen (secondary N) is 2. The molecular weight excluding hydrogens is 364 g/mol. The fourth-order valence-electron chi connectivity index (χ4n) is 3.51. The molecule has 0 aliphatic carbocycles. The standard InChI is InChI=1S/C23H40N4O2/c1-18-7-8-20(21(15-18)29-23(2,3)4)17-26-22(24-5)25-16-19-9-11-27(12-10-19)13-14-28-6/h7-8,15,19H,9-14,16-17H2,1-6H3,(H2,24,25,26). The van der Waals surface area contributed by atoms with Crippen LogP contribution in [0.1, 0.15) is 44.7 Å². The highest BCUT2D eigenvalue weighted by atomic mass is 16.5. The van der Waals surface area contributed by atoms with E-state index < -0.39 is 0 Å². The molecular formula is C23H40N4O2. The molecule has 29 heavy (non-hydrogen) atoms. The van der Waals surface area contributed by atoms with E-state index in [4.69, 9.17) is 9.47 Å². The van der Waals surface area contributed by atoms with Crippen molar-refractivity contribution in [3.05, 3.63) is 29.3 Å². The number of rotatable bonds is 8. The predicted octanol–water partition coefficient (Wildman–Crippen LogP) is 3.20. The molecule has 1 fully saturated rings. The molecule has 0 saturated carbocycles. The zero-order valence-electron chi connectivity index (χ0n) is 19.2. The zero-order valence-corrected chi connectivity index (χ0v) is 19.2. The van der Waals surface area contributed by atoms with Gasteiger partial charge in [0.05, 0.1) is 6.61 Å². The molecule has 1 saturated heterocycles. The number of benzene rings is 1. The first kappa shape index (κ1) is 23.5. The van der Waals surface area contributed by atoms with Crippen LogP contribution in [-0.2, 0) is 11.3 Å². The number of methoxy groups -OCH3 is 1. The van der Waals surface area contributed by atoms with Crippen LogP contribution in [0.15, 0.2) is 23.2 Å². The van der Waals surface area contributed by atoms with Gasteiger partial charge in [0.2, 0.25) is 0 Å². The topological polar surface area (TPSA) is 58.1 Å². The van der Waals surface area contributed by atoms with E-state index in [1.165, 1.54) is 18.4 Å². The van der Waals surface area contributed by atoms with E-state index in [1.54, 1.807) is 7.11 Å². The van der Waals surface area contributed by atoms with Gasteiger partial charge in [0.25, 0.3) is 0 Å². The fourth-order valence-corrected chi connectivity index (χ4v) is 3.51. The fraction of sp³-hybridized carbons (Fsp3) is 0.696. The lowest BCUT2D eigenvalue weighted by Crippen LogP contribution is -2.43. The first-order chi connectivity index (χ1) is 13.8. The number of guanidine groups is 1. The number of hydrogen-bond acceptors (Lipinski definition) is 4. The average molecular weight is 405 g/mol. The van der Waals surface area contributed by atoms with Gasteiger partial charge in [0, 0.05) is 39.4 Å². The molecule has 1 aliphatic rings. The van der Waals surface area contributed by atoms with Crippen molar-refractivity contribution >= 4 is 5.96 Å². The van der Waals surface area contributed by atoms with Crippen LogP contribution in [0.2, 0.25) is 0 Å². The first-order valence-corrected chi connectivity index (χ1v) is 10.7. The zero-order chi connectivity index (χ0) is 21.3. The second-order valence-electron chi connectivity index (χ2n) is 8.91. The Labute approximate surface area is 177 Å². The normalized spacial score (nSPS) is 16.7. The van der Waals surface area contributed by atoms with Gasteiger partial charge in [-0.3, -0.25) is 4.99 Å². The van der Waals surface area contributed by atoms with Gasteiger partial charge in [-0.15, -0.1) is 0 Å².